The molecule has 0 aliphatic heterocycles. The first-order chi connectivity index (χ1) is 3.27. The van der Waals surface area contributed by atoms with Crippen molar-refractivity contribution in [2.45, 2.75) is 13.3 Å². The van der Waals surface area contributed by atoms with E-state index >= 15 is 0 Å². The van der Waals surface area contributed by atoms with Crippen LogP contribution in [0.15, 0.2) is 0 Å². The molecule has 0 spiro atoms. The lowest BCUT2D eigenvalue weighted by atomic mass is 10.3. The van der Waals surface area contributed by atoms with Gasteiger partial charge in [0.25, 0.3) is 0 Å². The highest BCUT2D eigenvalue weighted by atomic mass is 16.1. The lowest BCUT2D eigenvalue weighted by molar-refractivity contribution is -0.116. The molecule has 2 heteroatoms. The third-order valence-corrected chi connectivity index (χ3v) is 0.576. The van der Waals surface area contributed by atoms with E-state index in [4.69, 9.17) is 6.57 Å². The summed E-state index contributed by atoms with van der Waals surface area (Å²) in [5.41, 5.74) is 0. The predicted molar refractivity (Wildman–Crippen MR) is 26.8 cm³/mol. The van der Waals surface area contributed by atoms with Crippen LogP contribution < -0.4 is 0 Å². The van der Waals surface area contributed by atoms with Crippen LogP contribution in [0.5, 0.6) is 0 Å². The van der Waals surface area contributed by atoms with E-state index in [1.807, 2.05) is 0 Å². The maximum absolute atomic E-state index is 10.1. The fraction of sp³-hybridized carbons (Fsp3) is 0.600. The Morgan fingerprint density at radius 3 is 2.57 bits per heavy atom. The molecule has 0 aromatic rings. The van der Waals surface area contributed by atoms with Crippen molar-refractivity contribution in [3.63, 3.8) is 0 Å². The lowest BCUT2D eigenvalue weighted by Gasteiger charge is -1.77. The van der Waals surface area contributed by atoms with Crippen molar-refractivity contribution < 1.29 is 4.79 Å². The fourth-order valence-corrected chi connectivity index (χ4v) is 0.213. The standard InChI is InChI=1S/C5H7NO/c1-5(7)3-4-6-2/h3-4H2,1H3. The molecule has 0 aromatic heterocycles. The number of rotatable bonds is 2. The smallest absolute Gasteiger partial charge is 0.221 e. The van der Waals surface area contributed by atoms with Crippen molar-refractivity contribution in [1.82, 2.24) is 0 Å². The van der Waals surface area contributed by atoms with Crippen LogP contribution in [0.1, 0.15) is 13.3 Å². The number of nitrogens with zero attached hydrogens (tertiary/aromatic N) is 1. The third-order valence-electron chi connectivity index (χ3n) is 0.576. The van der Waals surface area contributed by atoms with Gasteiger partial charge in [0.15, 0.2) is 0 Å². The van der Waals surface area contributed by atoms with E-state index in [0.29, 0.717) is 13.0 Å². The molecule has 0 saturated heterocycles. The van der Waals surface area contributed by atoms with Gasteiger partial charge in [-0.25, -0.2) is 6.57 Å². The summed E-state index contributed by atoms with van der Waals surface area (Å²) in [6.07, 6.45) is 0.406. The Balaban J connectivity index is 3.02. The molecule has 7 heavy (non-hydrogen) atoms. The van der Waals surface area contributed by atoms with E-state index in [1.165, 1.54) is 6.92 Å². The van der Waals surface area contributed by atoms with Crippen molar-refractivity contribution in [3.05, 3.63) is 11.4 Å². The van der Waals surface area contributed by atoms with Crippen LogP contribution in [0.3, 0.4) is 0 Å². The van der Waals surface area contributed by atoms with E-state index in [1.54, 1.807) is 0 Å². The fourth-order valence-electron chi connectivity index (χ4n) is 0.213. The van der Waals surface area contributed by atoms with Gasteiger partial charge in [0.2, 0.25) is 6.54 Å². The summed E-state index contributed by atoms with van der Waals surface area (Å²) < 4.78 is 0. The molecule has 0 bridgehead atoms. The van der Waals surface area contributed by atoms with Crippen LogP contribution in [-0.4, -0.2) is 12.3 Å². The zero-order valence-electron chi connectivity index (χ0n) is 4.27. The number of Topliss-reactive ketones (excluding diaryl/α,β-unsaturated/α-hetero) is 1. The monoisotopic (exact) mass is 97.1 g/mol. The summed E-state index contributed by atoms with van der Waals surface area (Å²) in [7, 11) is 0. The van der Waals surface area contributed by atoms with Crippen molar-refractivity contribution in [2.75, 3.05) is 6.54 Å². The first-order valence-electron chi connectivity index (χ1n) is 2.10. The second-order valence-electron chi connectivity index (χ2n) is 1.33. The van der Waals surface area contributed by atoms with E-state index in [2.05, 4.69) is 4.85 Å². The Labute approximate surface area is 43.0 Å². The zero-order valence-corrected chi connectivity index (χ0v) is 4.27. The molecule has 0 heterocycles. The molecule has 0 aliphatic rings. The Bertz CT molecular complexity index is 101. The lowest BCUT2D eigenvalue weighted by Crippen LogP contribution is -1.89. The van der Waals surface area contributed by atoms with E-state index in [9.17, 15) is 4.79 Å². The number of hydrogen-bond acceptors (Lipinski definition) is 1. The molecule has 0 amide bonds. The van der Waals surface area contributed by atoms with Crippen LogP contribution in [0.2, 0.25) is 0 Å². The van der Waals surface area contributed by atoms with Gasteiger partial charge < -0.3 is 4.85 Å². The quantitative estimate of drug-likeness (QED) is 0.469. The van der Waals surface area contributed by atoms with Gasteiger partial charge in [-0.05, 0) is 6.92 Å². The highest BCUT2D eigenvalue weighted by Gasteiger charge is 1.90. The maximum atomic E-state index is 10.1. The SMILES string of the molecule is [C-]#[N+]CCC(C)=O. The average Bonchev–Trinajstić information content (AvgIpc) is 1.61. The zero-order chi connectivity index (χ0) is 5.70. The number of hydrogen-bond donors (Lipinski definition) is 0. The molecule has 0 saturated carbocycles. The third kappa shape index (κ3) is 5.16. The maximum Gasteiger partial charge on any atom is 0.221 e. The Morgan fingerprint density at radius 2 is 2.43 bits per heavy atom. The largest absolute Gasteiger partial charge is 0.316 e. The topological polar surface area (TPSA) is 21.4 Å². The van der Waals surface area contributed by atoms with E-state index < -0.39 is 0 Å². The van der Waals surface area contributed by atoms with Gasteiger partial charge in [-0.2, -0.15) is 0 Å². The minimum atomic E-state index is 0.0935. The predicted octanol–water partition coefficient (Wildman–Crippen LogP) is 0.885. The van der Waals surface area contributed by atoms with Crippen LogP contribution in [0.4, 0.5) is 0 Å². The van der Waals surface area contributed by atoms with Crippen molar-refractivity contribution in [1.29, 1.82) is 0 Å². The molecule has 0 rings (SSSR count). The molecule has 0 aliphatic carbocycles. The van der Waals surface area contributed by atoms with Gasteiger partial charge in [0.05, 0.1) is 6.42 Å². The first kappa shape index (κ1) is 6.16. The minimum absolute atomic E-state index is 0.0935. The molecule has 0 aromatic carbocycles. The van der Waals surface area contributed by atoms with Crippen molar-refractivity contribution in [2.24, 2.45) is 0 Å². The summed E-state index contributed by atoms with van der Waals surface area (Å²) in [5.74, 6) is 0.0935. The Hall–Kier alpha value is -0.840. The molecular formula is C5H7NO. The van der Waals surface area contributed by atoms with Gasteiger partial charge in [-0.15, -0.1) is 0 Å². The molecular weight excluding hydrogens is 90.1 g/mol. The van der Waals surface area contributed by atoms with Crippen LogP contribution in [-0.2, 0) is 4.79 Å². The van der Waals surface area contributed by atoms with Crippen LogP contribution in [0.25, 0.3) is 4.85 Å². The Kier molecular flexibility index (Phi) is 2.95. The highest BCUT2D eigenvalue weighted by Crippen LogP contribution is 1.79. The number of ketones is 1. The average molecular weight is 97.1 g/mol. The first-order valence-corrected chi connectivity index (χ1v) is 2.10. The number of carbonyl (C=O) groups excluding carboxylic acids is 1. The van der Waals surface area contributed by atoms with Gasteiger partial charge in [-0.1, -0.05) is 0 Å². The van der Waals surface area contributed by atoms with Crippen molar-refractivity contribution in [3.8, 4) is 0 Å². The second kappa shape index (κ2) is 3.35. The highest BCUT2D eigenvalue weighted by molar-refractivity contribution is 5.75. The molecule has 0 atom stereocenters. The second-order valence-corrected chi connectivity index (χ2v) is 1.33. The summed E-state index contributed by atoms with van der Waals surface area (Å²) in [5, 5.41) is 0. The van der Waals surface area contributed by atoms with Gasteiger partial charge in [0, 0.05) is 0 Å². The van der Waals surface area contributed by atoms with E-state index in [-0.39, 0.29) is 5.78 Å². The summed E-state index contributed by atoms with van der Waals surface area (Å²) >= 11 is 0. The molecule has 0 radical (unpaired) electrons. The summed E-state index contributed by atoms with van der Waals surface area (Å²) in [4.78, 5) is 13.1. The molecule has 38 valence electrons. The van der Waals surface area contributed by atoms with Gasteiger partial charge in [0.1, 0.15) is 5.78 Å². The molecule has 0 fully saturated rings. The minimum Gasteiger partial charge on any atom is -0.316 e. The van der Waals surface area contributed by atoms with E-state index in [0.717, 1.165) is 0 Å². The van der Waals surface area contributed by atoms with Gasteiger partial charge in [-0.3, -0.25) is 4.79 Å². The summed E-state index contributed by atoms with van der Waals surface area (Å²) in [6.45, 7) is 8.10. The molecule has 0 unspecified atom stereocenters. The normalized spacial score (nSPS) is 7.43. The molecule has 2 nitrogen and oxygen atoms in total. The van der Waals surface area contributed by atoms with Crippen LogP contribution >= 0.6 is 0 Å². The Morgan fingerprint density at radius 1 is 1.86 bits per heavy atom. The number of carbonyl (C=O) groups is 1. The van der Waals surface area contributed by atoms with Gasteiger partial charge >= 0.3 is 0 Å². The summed E-state index contributed by atoms with van der Waals surface area (Å²) in [6, 6.07) is 0. The molecule has 0 N–H and O–H groups in total. The van der Waals surface area contributed by atoms with Crippen LogP contribution in [0, 0.1) is 6.57 Å². The van der Waals surface area contributed by atoms with Crippen molar-refractivity contribution >= 4 is 5.78 Å².